The Hall–Kier alpha value is -1.27. The molecule has 0 radical (unpaired) electrons. The Balaban J connectivity index is 2.37. The van der Waals surface area contributed by atoms with E-state index in [1.54, 1.807) is 6.07 Å². The van der Waals surface area contributed by atoms with Gasteiger partial charge in [0.25, 0.3) is 0 Å². The normalized spacial score (nSPS) is 21.2. The highest BCUT2D eigenvalue weighted by Gasteiger charge is 2.48. The number of nitrogens with one attached hydrogen (secondary N) is 1. The minimum atomic E-state index is -3.61. The van der Waals surface area contributed by atoms with Crippen LogP contribution in [-0.2, 0) is 10.0 Å². The Morgan fingerprint density at radius 2 is 2.00 bits per heavy atom. The number of aryl methyl sites for hydroxylation is 1. The van der Waals surface area contributed by atoms with E-state index in [1.165, 1.54) is 13.2 Å². The SMILES string of the molecule is COc1cc(C)c(N)cc1S(=O)(=O)NC1CC1(C)C. The molecule has 1 aliphatic rings. The number of sulfonamides is 1. The number of ether oxygens (including phenoxy) is 1. The maximum atomic E-state index is 12.4. The predicted octanol–water partition coefficient (Wildman–Crippen LogP) is 1.66. The van der Waals surface area contributed by atoms with Crippen molar-refractivity contribution in [3.63, 3.8) is 0 Å². The highest BCUT2D eigenvalue weighted by atomic mass is 32.2. The Morgan fingerprint density at radius 1 is 1.42 bits per heavy atom. The van der Waals surface area contributed by atoms with Gasteiger partial charge in [0.1, 0.15) is 10.6 Å². The van der Waals surface area contributed by atoms with Crippen molar-refractivity contribution in [2.24, 2.45) is 5.41 Å². The third kappa shape index (κ3) is 2.69. The fourth-order valence-electron chi connectivity index (χ4n) is 1.97. The first-order valence-electron chi connectivity index (χ1n) is 6.14. The zero-order chi connectivity index (χ0) is 14.4. The van der Waals surface area contributed by atoms with Crippen molar-refractivity contribution >= 4 is 15.7 Å². The number of rotatable bonds is 4. The van der Waals surface area contributed by atoms with Gasteiger partial charge in [-0.25, -0.2) is 13.1 Å². The van der Waals surface area contributed by atoms with Crippen LogP contribution in [-0.4, -0.2) is 21.6 Å². The van der Waals surface area contributed by atoms with Crippen molar-refractivity contribution in [3.05, 3.63) is 17.7 Å². The van der Waals surface area contributed by atoms with Crippen molar-refractivity contribution < 1.29 is 13.2 Å². The fraction of sp³-hybridized carbons (Fsp3) is 0.538. The lowest BCUT2D eigenvalue weighted by Crippen LogP contribution is -2.29. The molecule has 106 valence electrons. The second-order valence-corrected chi connectivity index (χ2v) is 7.41. The summed E-state index contributed by atoms with van der Waals surface area (Å²) in [4.78, 5) is 0.0980. The van der Waals surface area contributed by atoms with Gasteiger partial charge in [-0.3, -0.25) is 0 Å². The molecule has 0 saturated heterocycles. The second-order valence-electron chi connectivity index (χ2n) is 5.73. The zero-order valence-electron chi connectivity index (χ0n) is 11.6. The summed E-state index contributed by atoms with van der Waals surface area (Å²) in [7, 11) is -2.16. The molecule has 0 spiro atoms. The lowest BCUT2D eigenvalue weighted by molar-refractivity contribution is 0.402. The van der Waals surface area contributed by atoms with E-state index in [1.807, 2.05) is 20.8 Å². The van der Waals surface area contributed by atoms with Gasteiger partial charge in [0.05, 0.1) is 7.11 Å². The zero-order valence-corrected chi connectivity index (χ0v) is 12.5. The van der Waals surface area contributed by atoms with E-state index in [0.29, 0.717) is 11.4 Å². The number of hydrogen-bond acceptors (Lipinski definition) is 4. The number of anilines is 1. The van der Waals surface area contributed by atoms with Gasteiger partial charge in [-0.05, 0) is 36.5 Å². The molecule has 1 unspecified atom stereocenters. The Labute approximate surface area is 114 Å². The van der Waals surface area contributed by atoms with Gasteiger partial charge < -0.3 is 10.5 Å². The highest BCUT2D eigenvalue weighted by Crippen LogP contribution is 2.45. The molecular weight excluding hydrogens is 264 g/mol. The van der Waals surface area contributed by atoms with Crippen LogP contribution in [0, 0.1) is 12.3 Å². The van der Waals surface area contributed by atoms with Gasteiger partial charge >= 0.3 is 0 Å². The summed E-state index contributed by atoms with van der Waals surface area (Å²) in [6.07, 6.45) is 0.843. The summed E-state index contributed by atoms with van der Waals surface area (Å²) >= 11 is 0. The van der Waals surface area contributed by atoms with E-state index in [0.717, 1.165) is 12.0 Å². The molecule has 1 aliphatic carbocycles. The molecule has 0 aromatic heterocycles. The van der Waals surface area contributed by atoms with Gasteiger partial charge in [-0.15, -0.1) is 0 Å². The first kappa shape index (κ1) is 14.1. The van der Waals surface area contributed by atoms with Crippen LogP contribution in [0.1, 0.15) is 25.8 Å². The highest BCUT2D eigenvalue weighted by molar-refractivity contribution is 7.89. The molecule has 0 bridgehead atoms. The summed E-state index contributed by atoms with van der Waals surface area (Å²) in [5.41, 5.74) is 7.05. The number of nitrogen functional groups attached to an aromatic ring is 1. The molecule has 1 atom stereocenters. The van der Waals surface area contributed by atoms with Crippen LogP contribution in [0.25, 0.3) is 0 Å². The van der Waals surface area contributed by atoms with Crippen molar-refractivity contribution in [2.75, 3.05) is 12.8 Å². The Bertz CT molecular complexity index is 609. The van der Waals surface area contributed by atoms with Crippen molar-refractivity contribution in [1.29, 1.82) is 0 Å². The maximum absolute atomic E-state index is 12.4. The van der Waals surface area contributed by atoms with Crippen LogP contribution >= 0.6 is 0 Å². The molecule has 6 heteroatoms. The van der Waals surface area contributed by atoms with Crippen LogP contribution in [0.2, 0.25) is 0 Å². The molecule has 0 heterocycles. The number of benzene rings is 1. The lowest BCUT2D eigenvalue weighted by atomic mass is 10.2. The van der Waals surface area contributed by atoms with Gasteiger partial charge in [0.2, 0.25) is 10.0 Å². The van der Waals surface area contributed by atoms with E-state index in [9.17, 15) is 8.42 Å². The first-order chi connectivity index (χ1) is 8.67. The van der Waals surface area contributed by atoms with E-state index in [2.05, 4.69) is 4.72 Å². The Kier molecular flexibility index (Phi) is 3.26. The van der Waals surface area contributed by atoms with Crippen LogP contribution in [0.5, 0.6) is 5.75 Å². The fourth-order valence-corrected chi connectivity index (χ4v) is 3.56. The van der Waals surface area contributed by atoms with Gasteiger partial charge in [0.15, 0.2) is 0 Å². The Morgan fingerprint density at radius 3 is 2.47 bits per heavy atom. The third-order valence-electron chi connectivity index (χ3n) is 3.65. The predicted molar refractivity (Wildman–Crippen MR) is 74.7 cm³/mol. The molecule has 2 rings (SSSR count). The average Bonchev–Trinajstić information content (AvgIpc) is 2.88. The van der Waals surface area contributed by atoms with E-state index >= 15 is 0 Å². The quantitative estimate of drug-likeness (QED) is 0.824. The molecule has 3 N–H and O–H groups in total. The summed E-state index contributed by atoms with van der Waals surface area (Å²) in [6.45, 7) is 5.87. The molecule has 5 nitrogen and oxygen atoms in total. The topological polar surface area (TPSA) is 81.4 Å². The molecule has 0 aliphatic heterocycles. The van der Waals surface area contributed by atoms with Gasteiger partial charge in [0, 0.05) is 11.7 Å². The molecule has 19 heavy (non-hydrogen) atoms. The van der Waals surface area contributed by atoms with E-state index in [4.69, 9.17) is 10.5 Å². The van der Waals surface area contributed by atoms with Crippen molar-refractivity contribution in [1.82, 2.24) is 4.72 Å². The van der Waals surface area contributed by atoms with Crippen LogP contribution in [0.15, 0.2) is 17.0 Å². The first-order valence-corrected chi connectivity index (χ1v) is 7.62. The summed E-state index contributed by atoms with van der Waals surface area (Å²) in [5.74, 6) is 0.317. The standard InChI is InChI=1S/C13H20N2O3S/c1-8-5-10(18-4)11(6-9(8)14)19(16,17)15-12-7-13(12,2)3/h5-6,12,15H,7,14H2,1-4H3. The molecule has 1 saturated carbocycles. The molecular formula is C13H20N2O3S. The monoisotopic (exact) mass is 284 g/mol. The van der Waals surface area contributed by atoms with Crippen LogP contribution < -0.4 is 15.2 Å². The molecule has 1 fully saturated rings. The number of hydrogen-bond donors (Lipinski definition) is 2. The lowest BCUT2D eigenvalue weighted by Gasteiger charge is -2.13. The van der Waals surface area contributed by atoms with Gasteiger partial charge in [-0.1, -0.05) is 13.8 Å². The summed E-state index contributed by atoms with van der Waals surface area (Å²) in [5, 5.41) is 0. The van der Waals surface area contributed by atoms with Gasteiger partial charge in [-0.2, -0.15) is 0 Å². The summed E-state index contributed by atoms with van der Waals surface area (Å²) < 4.78 is 32.6. The number of methoxy groups -OCH3 is 1. The minimum Gasteiger partial charge on any atom is -0.495 e. The van der Waals surface area contributed by atoms with E-state index in [-0.39, 0.29) is 16.4 Å². The van der Waals surface area contributed by atoms with E-state index < -0.39 is 10.0 Å². The molecule has 1 aromatic carbocycles. The summed E-state index contributed by atoms with van der Waals surface area (Å²) in [6, 6.07) is 3.07. The smallest absolute Gasteiger partial charge is 0.244 e. The average molecular weight is 284 g/mol. The second kappa shape index (κ2) is 4.38. The third-order valence-corrected chi connectivity index (χ3v) is 5.15. The number of nitrogens with two attached hydrogens (primary N) is 1. The van der Waals surface area contributed by atoms with Crippen LogP contribution in [0.4, 0.5) is 5.69 Å². The largest absolute Gasteiger partial charge is 0.495 e. The van der Waals surface area contributed by atoms with Crippen molar-refractivity contribution in [2.45, 2.75) is 38.1 Å². The molecule has 0 amide bonds. The molecule has 1 aromatic rings. The van der Waals surface area contributed by atoms with Crippen molar-refractivity contribution in [3.8, 4) is 5.75 Å². The maximum Gasteiger partial charge on any atom is 0.244 e. The minimum absolute atomic E-state index is 0.0234. The van der Waals surface area contributed by atoms with Crippen LogP contribution in [0.3, 0.4) is 0 Å².